The van der Waals surface area contributed by atoms with Gasteiger partial charge in [-0.3, -0.25) is 0 Å². The summed E-state index contributed by atoms with van der Waals surface area (Å²) in [5.41, 5.74) is 4.05. The molecule has 4 rings (SSSR count). The third kappa shape index (κ3) is 2.07. The van der Waals surface area contributed by atoms with E-state index in [-0.39, 0.29) is 5.69 Å². The van der Waals surface area contributed by atoms with Gasteiger partial charge in [-0.25, -0.2) is 19.3 Å². The summed E-state index contributed by atoms with van der Waals surface area (Å²) in [5, 5.41) is 6.67. The highest BCUT2D eigenvalue weighted by Crippen LogP contribution is 2.16. The largest absolute Gasteiger partial charge is 0.348 e. The Morgan fingerprint density at radius 2 is 1.73 bits per heavy atom. The van der Waals surface area contributed by atoms with E-state index in [4.69, 9.17) is 0 Å². The molecule has 4 aromatic rings. The third-order valence-corrected chi connectivity index (χ3v) is 3.80. The molecule has 0 unspecified atom stereocenters. The van der Waals surface area contributed by atoms with Gasteiger partial charge in [-0.2, -0.15) is 5.10 Å². The fraction of sp³-hybridized carbons (Fsp3) is 0.118. The summed E-state index contributed by atoms with van der Waals surface area (Å²) in [6.45, 7) is 0. The molecule has 0 aliphatic rings. The predicted octanol–water partition coefficient (Wildman–Crippen LogP) is 2.36. The Bertz CT molecular complexity index is 1000. The Kier molecular flexibility index (Phi) is 2.96. The molecule has 108 valence electrons. The van der Waals surface area contributed by atoms with E-state index in [9.17, 15) is 4.79 Å². The van der Waals surface area contributed by atoms with Crippen molar-refractivity contribution in [1.82, 2.24) is 19.6 Å². The highest BCUT2D eigenvalue weighted by atomic mass is 16.1. The average Bonchev–Trinajstić information content (AvgIpc) is 2.96. The van der Waals surface area contributed by atoms with Crippen LogP contribution in [0, 0.1) is 0 Å². The van der Waals surface area contributed by atoms with Crippen LogP contribution in [-0.4, -0.2) is 19.6 Å². The fourth-order valence-corrected chi connectivity index (χ4v) is 2.73. The van der Waals surface area contributed by atoms with Crippen LogP contribution in [0.5, 0.6) is 0 Å². The first-order valence-electron chi connectivity index (χ1n) is 7.21. The van der Waals surface area contributed by atoms with Gasteiger partial charge >= 0.3 is 5.69 Å². The molecule has 1 N–H and O–H groups in total. The second-order valence-corrected chi connectivity index (χ2v) is 5.22. The SMILES string of the molecule is O=c1[nH]nc2c(CCc3ccccc3)nc3ccccc3n12. The minimum atomic E-state index is -0.227. The zero-order valence-electron chi connectivity index (χ0n) is 11.9. The first-order valence-corrected chi connectivity index (χ1v) is 7.21. The number of hydrogen-bond donors (Lipinski definition) is 1. The summed E-state index contributed by atoms with van der Waals surface area (Å²) in [4.78, 5) is 16.7. The van der Waals surface area contributed by atoms with E-state index in [1.807, 2.05) is 42.5 Å². The lowest BCUT2D eigenvalue weighted by Crippen LogP contribution is -2.12. The monoisotopic (exact) mass is 290 g/mol. The van der Waals surface area contributed by atoms with E-state index in [0.29, 0.717) is 5.65 Å². The van der Waals surface area contributed by atoms with Crippen molar-refractivity contribution >= 4 is 16.7 Å². The van der Waals surface area contributed by atoms with E-state index in [1.165, 1.54) is 5.56 Å². The Morgan fingerprint density at radius 1 is 0.955 bits per heavy atom. The van der Waals surface area contributed by atoms with Crippen LogP contribution in [0.2, 0.25) is 0 Å². The Labute approximate surface area is 126 Å². The van der Waals surface area contributed by atoms with Crippen LogP contribution in [0.25, 0.3) is 16.7 Å². The Hall–Kier alpha value is -2.95. The van der Waals surface area contributed by atoms with Crippen LogP contribution in [0.1, 0.15) is 11.3 Å². The zero-order valence-corrected chi connectivity index (χ0v) is 11.9. The molecule has 0 aliphatic carbocycles. The summed E-state index contributed by atoms with van der Waals surface area (Å²) >= 11 is 0. The molecular formula is C17H14N4O. The number of nitrogens with zero attached hydrogens (tertiary/aromatic N) is 3. The van der Waals surface area contributed by atoms with Gasteiger partial charge in [0.2, 0.25) is 0 Å². The lowest BCUT2D eigenvalue weighted by Gasteiger charge is -2.06. The van der Waals surface area contributed by atoms with Gasteiger partial charge in [0, 0.05) is 0 Å². The number of aromatic amines is 1. The summed E-state index contributed by atoms with van der Waals surface area (Å²) in [6.07, 6.45) is 1.60. The summed E-state index contributed by atoms with van der Waals surface area (Å²) < 4.78 is 1.60. The molecule has 2 heterocycles. The zero-order chi connectivity index (χ0) is 14.9. The normalized spacial score (nSPS) is 11.3. The summed E-state index contributed by atoms with van der Waals surface area (Å²) in [6, 6.07) is 17.9. The predicted molar refractivity (Wildman–Crippen MR) is 85.0 cm³/mol. The number of aromatic nitrogens is 4. The van der Waals surface area contributed by atoms with Crippen molar-refractivity contribution in [3.05, 3.63) is 76.3 Å². The molecule has 0 saturated heterocycles. The average molecular weight is 290 g/mol. The number of hydrogen-bond acceptors (Lipinski definition) is 3. The van der Waals surface area contributed by atoms with Crippen LogP contribution in [-0.2, 0) is 12.8 Å². The Balaban J connectivity index is 1.84. The van der Waals surface area contributed by atoms with Gasteiger partial charge in [0.25, 0.3) is 0 Å². The van der Waals surface area contributed by atoms with Gasteiger partial charge in [0.05, 0.1) is 16.7 Å². The highest BCUT2D eigenvalue weighted by Gasteiger charge is 2.12. The van der Waals surface area contributed by atoms with Gasteiger partial charge in [0.1, 0.15) is 0 Å². The smallest absolute Gasteiger partial charge is 0.247 e. The molecule has 0 radical (unpaired) electrons. The minimum Gasteiger partial charge on any atom is -0.247 e. The van der Waals surface area contributed by atoms with Crippen molar-refractivity contribution in [2.45, 2.75) is 12.8 Å². The van der Waals surface area contributed by atoms with Crippen molar-refractivity contribution in [1.29, 1.82) is 0 Å². The quantitative estimate of drug-likeness (QED) is 0.630. The van der Waals surface area contributed by atoms with Crippen molar-refractivity contribution in [3.63, 3.8) is 0 Å². The minimum absolute atomic E-state index is 0.227. The number of benzene rings is 2. The standard InChI is InChI=1S/C17H14N4O/c22-17-20-19-16-14(11-10-12-6-2-1-3-7-12)18-13-8-4-5-9-15(13)21(16)17/h1-9H,10-11H2,(H,20,22). The van der Waals surface area contributed by atoms with Crippen molar-refractivity contribution < 1.29 is 0 Å². The van der Waals surface area contributed by atoms with Crippen LogP contribution < -0.4 is 5.69 Å². The number of nitrogens with one attached hydrogen (secondary N) is 1. The molecule has 5 heteroatoms. The fourth-order valence-electron chi connectivity index (χ4n) is 2.73. The van der Waals surface area contributed by atoms with Gasteiger partial charge < -0.3 is 0 Å². The van der Waals surface area contributed by atoms with Crippen LogP contribution in [0.4, 0.5) is 0 Å². The molecule has 0 aliphatic heterocycles. The first kappa shape index (κ1) is 12.8. The van der Waals surface area contributed by atoms with E-state index in [2.05, 4.69) is 27.3 Å². The van der Waals surface area contributed by atoms with Gasteiger partial charge in [-0.05, 0) is 30.5 Å². The van der Waals surface area contributed by atoms with Crippen molar-refractivity contribution in [2.24, 2.45) is 0 Å². The third-order valence-electron chi connectivity index (χ3n) is 3.80. The lowest BCUT2D eigenvalue weighted by molar-refractivity contribution is 0.914. The topological polar surface area (TPSA) is 63.0 Å². The molecule has 0 atom stereocenters. The van der Waals surface area contributed by atoms with Crippen molar-refractivity contribution in [2.75, 3.05) is 0 Å². The van der Waals surface area contributed by atoms with Gasteiger partial charge in [-0.15, -0.1) is 0 Å². The molecular weight excluding hydrogens is 276 g/mol. The van der Waals surface area contributed by atoms with Crippen LogP contribution >= 0.6 is 0 Å². The Morgan fingerprint density at radius 3 is 2.59 bits per heavy atom. The van der Waals surface area contributed by atoms with Crippen molar-refractivity contribution in [3.8, 4) is 0 Å². The summed E-state index contributed by atoms with van der Waals surface area (Å²) in [7, 11) is 0. The molecule has 22 heavy (non-hydrogen) atoms. The highest BCUT2D eigenvalue weighted by molar-refractivity contribution is 5.78. The van der Waals surface area contributed by atoms with Crippen LogP contribution in [0.15, 0.2) is 59.4 Å². The molecule has 5 nitrogen and oxygen atoms in total. The molecule has 2 aromatic heterocycles. The first-order chi connectivity index (χ1) is 10.8. The van der Waals surface area contributed by atoms with Crippen LogP contribution in [0.3, 0.4) is 0 Å². The number of para-hydroxylation sites is 2. The van der Waals surface area contributed by atoms with E-state index in [0.717, 1.165) is 29.6 Å². The van der Waals surface area contributed by atoms with E-state index in [1.54, 1.807) is 4.40 Å². The molecule has 2 aromatic carbocycles. The number of aryl methyl sites for hydroxylation is 2. The van der Waals surface area contributed by atoms with Gasteiger partial charge in [-0.1, -0.05) is 42.5 Å². The maximum Gasteiger partial charge on any atom is 0.348 e. The number of rotatable bonds is 3. The number of H-pyrrole nitrogens is 1. The molecule has 0 amide bonds. The number of fused-ring (bicyclic) bond motifs is 3. The summed E-state index contributed by atoms with van der Waals surface area (Å²) in [5.74, 6) is 0. The molecule has 0 bridgehead atoms. The van der Waals surface area contributed by atoms with Gasteiger partial charge in [0.15, 0.2) is 5.65 Å². The van der Waals surface area contributed by atoms with E-state index < -0.39 is 0 Å². The maximum absolute atomic E-state index is 12.0. The lowest BCUT2D eigenvalue weighted by atomic mass is 10.1. The molecule has 0 spiro atoms. The second-order valence-electron chi connectivity index (χ2n) is 5.22. The molecule has 0 saturated carbocycles. The maximum atomic E-state index is 12.0. The second kappa shape index (κ2) is 5.11. The molecule has 0 fully saturated rings. The van der Waals surface area contributed by atoms with E-state index >= 15 is 0 Å².